The van der Waals surface area contributed by atoms with Gasteiger partial charge in [-0.2, -0.15) is 19.9 Å². The summed E-state index contributed by atoms with van der Waals surface area (Å²) in [5, 5.41) is 11.0. The largest absolute Gasteiger partial charge is 0.471 e. The average Bonchev–Trinajstić information content (AvgIpc) is 1.62. The minimum Gasteiger partial charge on any atom is -0.471 e. The molecule has 0 spiro atoms. The number of aromatic nitrogens is 14. The van der Waals surface area contributed by atoms with Crippen molar-refractivity contribution in [3.05, 3.63) is 335 Å². The van der Waals surface area contributed by atoms with Crippen LogP contribution < -0.4 is 42.1 Å². The predicted octanol–water partition coefficient (Wildman–Crippen LogP) is 20.0. The van der Waals surface area contributed by atoms with Gasteiger partial charge in [0.25, 0.3) is 0 Å². The van der Waals surface area contributed by atoms with Crippen molar-refractivity contribution >= 4 is 87.0 Å². The van der Waals surface area contributed by atoms with Gasteiger partial charge in [0.05, 0.1) is 66.4 Å². The number of carbonyl (C=O) groups is 5. The first-order valence-corrected chi connectivity index (χ1v) is 44.0. The van der Waals surface area contributed by atoms with Crippen LogP contribution in [-0.2, 0) is 41.9 Å². The maximum Gasteiger partial charge on any atom is 0.348 e. The van der Waals surface area contributed by atoms with Gasteiger partial charge < -0.3 is 39.1 Å². The highest BCUT2D eigenvalue weighted by Gasteiger charge is 2.26. The Labute approximate surface area is 785 Å². The molecule has 12 aromatic rings. The highest BCUT2D eigenvalue weighted by molar-refractivity contribution is 5.99. The van der Waals surface area contributed by atoms with E-state index in [4.69, 9.17) is 9.47 Å². The van der Waals surface area contributed by atoms with Gasteiger partial charge in [0.15, 0.2) is 28.4 Å². The van der Waals surface area contributed by atoms with Crippen molar-refractivity contribution < 1.29 is 33.4 Å². The van der Waals surface area contributed by atoms with Crippen molar-refractivity contribution in [2.45, 2.75) is 214 Å². The van der Waals surface area contributed by atoms with Crippen molar-refractivity contribution in [2.75, 3.05) is 5.32 Å². The van der Waals surface area contributed by atoms with Crippen LogP contribution in [0.4, 0.5) is 21.4 Å². The lowest BCUT2D eigenvalue weighted by molar-refractivity contribution is -0.143. The third-order valence-corrected chi connectivity index (χ3v) is 20.7. The van der Waals surface area contributed by atoms with E-state index in [-0.39, 0.29) is 116 Å². The number of nitrogens with one attached hydrogen (secondary N) is 4. The van der Waals surface area contributed by atoms with E-state index in [9.17, 15) is 33.6 Å². The van der Waals surface area contributed by atoms with Crippen LogP contribution in [0.2, 0.25) is 0 Å². The monoisotopic (exact) mass is 1810 g/mol. The summed E-state index contributed by atoms with van der Waals surface area (Å²) in [7, 11) is 0. The number of esters is 1. The summed E-state index contributed by atoms with van der Waals surface area (Å²) in [5.41, 5.74) is 15.4. The molecule has 0 aliphatic carbocycles. The van der Waals surface area contributed by atoms with E-state index in [1.54, 1.807) is 95.6 Å². The van der Waals surface area contributed by atoms with Crippen molar-refractivity contribution in [3.63, 3.8) is 0 Å². The Morgan fingerprint density at radius 2 is 1.03 bits per heavy atom. The highest BCUT2D eigenvalue weighted by atomic mass is 16.5. The fourth-order valence-corrected chi connectivity index (χ4v) is 13.0. The molecule has 3 aliphatic rings. The second-order valence-corrected chi connectivity index (χ2v) is 34.7. The maximum absolute atomic E-state index is 12.6. The van der Waals surface area contributed by atoms with E-state index in [1.165, 1.54) is 6.33 Å². The number of anilines is 1. The summed E-state index contributed by atoms with van der Waals surface area (Å²) in [5.74, 6) is 1.27. The van der Waals surface area contributed by atoms with Crippen molar-refractivity contribution in [3.8, 4) is 11.6 Å². The van der Waals surface area contributed by atoms with Gasteiger partial charge in [-0.15, -0.1) is 0 Å². The Hall–Kier alpha value is -15.2. The number of aliphatic imine (C=N–C) groups is 1. The number of Topliss-reactive ketones (excluding diaryl/α,β-unsaturated/α-hetero) is 1. The number of hydrogen-bond donors (Lipinski definition) is 4. The Kier molecular flexibility index (Phi) is 37.8. The first-order chi connectivity index (χ1) is 63.1. The zero-order chi connectivity index (χ0) is 97.1. The van der Waals surface area contributed by atoms with Crippen LogP contribution in [0.15, 0.2) is 272 Å². The number of fused-ring (bicyclic) bond motifs is 3. The molecule has 5 aromatic carbocycles. The number of carbonyl (C=O) groups excluding carboxylic acids is 5. The van der Waals surface area contributed by atoms with Gasteiger partial charge in [-0.05, 0) is 200 Å². The molecule has 15 rings (SSSR count). The Morgan fingerprint density at radius 1 is 0.500 bits per heavy atom. The molecule has 134 heavy (non-hydrogen) atoms. The van der Waals surface area contributed by atoms with E-state index in [0.717, 1.165) is 78.8 Å². The molecular weight excluding hydrogens is 1690 g/mol. The molecule has 0 saturated carbocycles. The fourth-order valence-electron chi connectivity index (χ4n) is 13.0. The number of amides is 5. The molecule has 4 N–H and O–H groups in total. The molecule has 0 radical (unpaired) electrons. The van der Waals surface area contributed by atoms with Gasteiger partial charge in [0, 0.05) is 96.9 Å². The van der Waals surface area contributed by atoms with Crippen molar-refractivity contribution in [1.82, 2.24) is 93.4 Å². The number of imidazole rings is 3. The van der Waals surface area contributed by atoms with E-state index >= 15 is 0 Å². The number of allylic oxidation sites excluding steroid dienone is 4. The number of nitrogens with zero attached hydrogens (tertiary/aromatic N) is 17. The van der Waals surface area contributed by atoms with E-state index in [1.807, 2.05) is 249 Å². The SMILES string of the molecule is C.C=C(Cc1ccn(C(C)C)c(=O)n1)c1ccccc1.C=C(Cc1nc(=O)n(C(C)C)cc1C)c1ccccc1.C=C1C=CN(C(C)C)C(=O)N1.C=C1NC(=O)N(C(C)C)C=C1C.C=C1NC=Nc2c1ncn2C(C)C.CC(C)n1cnc2c(CC(=O)c3ccccc3)ncnc21.CC(C)n1cnc2c(OCc3ccc(OC(=O)C(C)(C)C)cc3)nc(NC(=O)Cc3ccccc3)nc21. The second kappa shape index (κ2) is 48.6. The van der Waals surface area contributed by atoms with E-state index in [0.29, 0.717) is 64.0 Å². The molecule has 7 aromatic heterocycles. The minimum atomic E-state index is -0.590. The lowest BCUT2D eigenvalue weighted by atomic mass is 9.97. The zero-order valence-corrected chi connectivity index (χ0v) is 79.6. The summed E-state index contributed by atoms with van der Waals surface area (Å²) in [6.45, 7) is 57.0. The Bertz CT molecular complexity index is 6330. The molecule has 3 aliphatic heterocycles. The number of ketones is 1. The van der Waals surface area contributed by atoms with E-state index < -0.39 is 5.41 Å². The summed E-state index contributed by atoms with van der Waals surface area (Å²) in [6.07, 6.45) is 19.0. The lowest BCUT2D eigenvalue weighted by Crippen LogP contribution is -2.43. The number of urea groups is 2. The predicted molar refractivity (Wildman–Crippen MR) is 533 cm³/mol. The summed E-state index contributed by atoms with van der Waals surface area (Å²) in [4.78, 5) is 130. The fraction of sp³-hybridized carbons (Fsp3) is 0.317. The van der Waals surface area contributed by atoms with Gasteiger partial charge in [-0.1, -0.05) is 174 Å². The molecule has 30 nitrogen and oxygen atoms in total. The molecule has 0 bridgehead atoms. The summed E-state index contributed by atoms with van der Waals surface area (Å²) in [6, 6.07) is 48.8. The lowest BCUT2D eigenvalue weighted by Gasteiger charge is -2.28. The van der Waals surface area contributed by atoms with Crippen LogP contribution in [0.1, 0.15) is 223 Å². The van der Waals surface area contributed by atoms with Crippen molar-refractivity contribution in [2.24, 2.45) is 10.4 Å². The first kappa shape index (κ1) is 104. The Balaban J connectivity index is 0.000000200. The molecule has 5 amide bonds. The number of benzene rings is 5. The normalized spacial score (nSPS) is 12.5. The number of aryl methyl sites for hydroxylation is 1. The van der Waals surface area contributed by atoms with Crippen LogP contribution in [0, 0.1) is 12.3 Å². The summed E-state index contributed by atoms with van der Waals surface area (Å²) >= 11 is 0. The molecular formula is C104H127N21O9. The Morgan fingerprint density at radius 3 is 1.58 bits per heavy atom. The third kappa shape index (κ3) is 29.4. The molecule has 0 saturated heterocycles. The number of ether oxygens (including phenoxy) is 2. The van der Waals surface area contributed by atoms with Gasteiger partial charge in [-0.3, -0.25) is 38.6 Å². The molecule has 702 valence electrons. The number of rotatable bonds is 23. The average molecular weight is 1820 g/mol. The molecule has 10 heterocycles. The summed E-state index contributed by atoms with van der Waals surface area (Å²) < 4.78 is 20.6. The smallest absolute Gasteiger partial charge is 0.348 e. The quantitative estimate of drug-likeness (QED) is 0.0262. The van der Waals surface area contributed by atoms with Gasteiger partial charge in [0.1, 0.15) is 29.9 Å². The highest BCUT2D eigenvalue weighted by Crippen LogP contribution is 2.31. The standard InChI is InChI=1S/C28H31N5O4.C17H20N2O.C16H16N4O.C16H18N2O.C9H12N4.C9H14N2O.C8H12N2O.CH4/c1-18(2)33-17-29-23-24(33)31-27(30-22(34)15-19-9-7-6-8-10-19)32-25(23)36-16-20-11-13-21(14-12-20)37-26(35)28(3,4)5;1-12(2)19-11-14(4)16(18-17(19)20)10-13(3)15-8-6-5-7-9-15;1-11(2)20-10-19-15-13(17-9-18-16(15)20)8-14(21)12-6-4-3-5-7-12;1-12(2)18-10-9-15(17-16(18)19)11-13(3)14-7-5-4-6-8-14;1-6(2)13-5-12-8-7(3)10-4-11-9(8)13;1-6(2)11-5-7(3)8(4)10-9(11)12;1-6(2)10-5-4-7(3)9-8(10)11;/h6-14,17-18H,15-16H2,1-5H3,(H,30,31,32,34);5-9,11-12H,3,10H2,1-2,4H3;3-7,9-11H,8H2,1-2H3;4-10,12H,3,11H2,1-2H3;4-6H,3H2,1-2H3,(H,10,11);5-6H,4H2,1-3H3,(H,10,12);4-6H,3H2,1-2H3,(H,9,11);1H4. The van der Waals surface area contributed by atoms with E-state index in [2.05, 4.69) is 132 Å². The van der Waals surface area contributed by atoms with Gasteiger partial charge in [0.2, 0.25) is 17.7 Å². The molecule has 30 heteroatoms. The van der Waals surface area contributed by atoms with Crippen LogP contribution in [-0.4, -0.2) is 126 Å². The van der Waals surface area contributed by atoms with Crippen LogP contribution in [0.25, 0.3) is 39.2 Å². The van der Waals surface area contributed by atoms with Crippen LogP contribution in [0.5, 0.6) is 11.6 Å². The second-order valence-electron chi connectivity index (χ2n) is 34.7. The maximum atomic E-state index is 12.6. The zero-order valence-electron chi connectivity index (χ0n) is 79.6. The van der Waals surface area contributed by atoms with Gasteiger partial charge in [-0.25, -0.2) is 49.1 Å². The third-order valence-electron chi connectivity index (χ3n) is 20.7. The van der Waals surface area contributed by atoms with Gasteiger partial charge >= 0.3 is 29.4 Å². The molecule has 0 fully saturated rings. The minimum absolute atomic E-state index is 0. The van der Waals surface area contributed by atoms with Crippen LogP contribution >= 0.6 is 0 Å². The number of hydrogen-bond acceptors (Lipinski definition) is 20. The van der Waals surface area contributed by atoms with Crippen molar-refractivity contribution in [1.29, 1.82) is 0 Å². The topological polar surface area (TPSA) is 346 Å². The van der Waals surface area contributed by atoms with Crippen LogP contribution in [0.3, 0.4) is 0 Å². The molecule has 0 atom stereocenters. The first-order valence-electron chi connectivity index (χ1n) is 44.0. The molecule has 0 unspecified atom stereocenters.